The number of carbonyl (C=O) groups excluding carboxylic acids is 3. The Kier molecular flexibility index (Phi) is 8.79. The highest BCUT2D eigenvalue weighted by atomic mass is 32.1. The molecule has 2 rings (SSSR count). The third kappa shape index (κ3) is 6.84. The Labute approximate surface area is 180 Å². The van der Waals surface area contributed by atoms with Crippen LogP contribution >= 0.6 is 11.3 Å². The molecule has 1 aromatic carbocycles. The van der Waals surface area contributed by atoms with Crippen LogP contribution in [0.3, 0.4) is 0 Å². The van der Waals surface area contributed by atoms with E-state index in [1.807, 2.05) is 0 Å². The van der Waals surface area contributed by atoms with E-state index in [0.717, 1.165) is 6.42 Å². The van der Waals surface area contributed by atoms with Gasteiger partial charge < -0.3 is 19.7 Å². The second-order valence-electron chi connectivity index (χ2n) is 6.95. The Bertz CT molecular complexity index is 864. The van der Waals surface area contributed by atoms with Gasteiger partial charge in [-0.25, -0.2) is 19.4 Å². The normalized spacial score (nSPS) is 10.6. The van der Waals surface area contributed by atoms with Gasteiger partial charge in [0.25, 0.3) is 0 Å². The number of nitrogens with one attached hydrogen (secondary N) is 1. The minimum atomic E-state index is -0.502. The molecular weight excluding hydrogens is 406 g/mol. The van der Waals surface area contributed by atoms with Crippen molar-refractivity contribution in [1.29, 1.82) is 0 Å². The van der Waals surface area contributed by atoms with Crippen molar-refractivity contribution in [2.75, 3.05) is 25.6 Å². The first kappa shape index (κ1) is 23.3. The molecule has 1 aromatic heterocycles. The molecule has 0 saturated heterocycles. The fourth-order valence-electron chi connectivity index (χ4n) is 2.52. The van der Waals surface area contributed by atoms with Gasteiger partial charge in [-0.15, -0.1) is 11.3 Å². The third-order valence-electron chi connectivity index (χ3n) is 4.18. The Hall–Kier alpha value is -2.94. The molecule has 0 aliphatic rings. The van der Waals surface area contributed by atoms with Gasteiger partial charge in [0.2, 0.25) is 0 Å². The predicted molar refractivity (Wildman–Crippen MR) is 115 cm³/mol. The molecular formula is C21H27N3O5S. The Morgan fingerprint density at radius 1 is 1.17 bits per heavy atom. The van der Waals surface area contributed by atoms with Crippen LogP contribution in [0.4, 0.5) is 10.5 Å². The maximum Gasteiger partial charge on any atom is 0.357 e. The van der Waals surface area contributed by atoms with Crippen LogP contribution < -0.4 is 5.32 Å². The number of ether oxygens (including phenoxy) is 2. The van der Waals surface area contributed by atoms with Crippen LogP contribution in [0.25, 0.3) is 0 Å². The van der Waals surface area contributed by atoms with E-state index < -0.39 is 11.9 Å². The smallest absolute Gasteiger partial charge is 0.357 e. The number of hydrogen-bond donors (Lipinski definition) is 1. The average Bonchev–Trinajstić information content (AvgIpc) is 3.19. The van der Waals surface area contributed by atoms with Crippen molar-refractivity contribution < 1.29 is 23.9 Å². The summed E-state index contributed by atoms with van der Waals surface area (Å²) in [5.41, 5.74) is 1.22. The Balaban J connectivity index is 2.08. The highest BCUT2D eigenvalue weighted by Crippen LogP contribution is 2.17. The SMILES string of the molecule is CCOC(=O)c1ccc(NC(=O)N(CCC(C)C)Cc2nc(C(=O)OC)cs2)cc1. The molecule has 0 unspecified atom stereocenters. The lowest BCUT2D eigenvalue weighted by Crippen LogP contribution is -2.35. The van der Waals surface area contributed by atoms with E-state index in [1.165, 1.54) is 18.4 Å². The van der Waals surface area contributed by atoms with Crippen molar-refractivity contribution in [2.45, 2.75) is 33.7 Å². The first-order valence-electron chi connectivity index (χ1n) is 9.69. The van der Waals surface area contributed by atoms with Gasteiger partial charge in [-0.3, -0.25) is 0 Å². The molecule has 8 nitrogen and oxygen atoms in total. The monoisotopic (exact) mass is 433 g/mol. The Morgan fingerprint density at radius 2 is 1.87 bits per heavy atom. The maximum atomic E-state index is 12.9. The summed E-state index contributed by atoms with van der Waals surface area (Å²) in [6.07, 6.45) is 0.824. The summed E-state index contributed by atoms with van der Waals surface area (Å²) in [4.78, 5) is 42.1. The van der Waals surface area contributed by atoms with Gasteiger partial charge >= 0.3 is 18.0 Å². The highest BCUT2D eigenvalue weighted by Gasteiger charge is 2.18. The number of methoxy groups -OCH3 is 1. The summed E-state index contributed by atoms with van der Waals surface area (Å²) < 4.78 is 9.64. The van der Waals surface area contributed by atoms with E-state index in [-0.39, 0.29) is 18.3 Å². The second kappa shape index (κ2) is 11.3. The van der Waals surface area contributed by atoms with Crippen molar-refractivity contribution in [1.82, 2.24) is 9.88 Å². The van der Waals surface area contributed by atoms with Crippen LogP contribution in [0, 0.1) is 5.92 Å². The van der Waals surface area contributed by atoms with Gasteiger partial charge in [-0.05, 0) is 43.5 Å². The van der Waals surface area contributed by atoms with Gasteiger partial charge in [0.15, 0.2) is 5.69 Å². The van der Waals surface area contributed by atoms with Gasteiger partial charge in [-0.2, -0.15) is 0 Å². The summed E-state index contributed by atoms with van der Waals surface area (Å²) in [5, 5.41) is 5.11. The molecule has 0 spiro atoms. The molecule has 0 fully saturated rings. The standard InChI is InChI=1S/C21H27N3O5S/c1-5-29-19(25)15-6-8-16(9-7-15)22-21(27)24(11-10-14(2)3)12-18-23-17(13-30-18)20(26)28-4/h6-9,13-14H,5,10-12H2,1-4H3,(H,22,27). The van der Waals surface area contributed by atoms with Crippen molar-refractivity contribution in [3.05, 3.63) is 45.9 Å². The lowest BCUT2D eigenvalue weighted by molar-refractivity contribution is 0.0525. The van der Waals surface area contributed by atoms with Crippen LogP contribution in [0.1, 0.15) is 53.0 Å². The molecule has 9 heteroatoms. The van der Waals surface area contributed by atoms with Crippen LogP contribution in [-0.2, 0) is 16.0 Å². The van der Waals surface area contributed by atoms with Gasteiger partial charge in [0, 0.05) is 17.6 Å². The zero-order chi connectivity index (χ0) is 22.1. The number of hydrogen-bond acceptors (Lipinski definition) is 7. The van der Waals surface area contributed by atoms with Crippen LogP contribution in [-0.4, -0.2) is 48.1 Å². The summed E-state index contributed by atoms with van der Waals surface area (Å²) in [5.74, 6) is -0.484. The lowest BCUT2D eigenvalue weighted by atomic mass is 10.1. The number of carbonyl (C=O) groups is 3. The average molecular weight is 434 g/mol. The zero-order valence-corrected chi connectivity index (χ0v) is 18.5. The molecule has 0 saturated carbocycles. The number of amides is 2. The first-order valence-corrected chi connectivity index (χ1v) is 10.6. The molecule has 30 heavy (non-hydrogen) atoms. The fraction of sp³-hybridized carbons (Fsp3) is 0.429. The van der Waals surface area contributed by atoms with E-state index in [0.29, 0.717) is 35.3 Å². The van der Waals surface area contributed by atoms with E-state index in [9.17, 15) is 14.4 Å². The first-order chi connectivity index (χ1) is 14.3. The number of esters is 2. The second-order valence-corrected chi connectivity index (χ2v) is 7.89. The molecule has 0 radical (unpaired) electrons. The summed E-state index contributed by atoms with van der Waals surface area (Å²) in [6, 6.07) is 6.24. The van der Waals surface area contributed by atoms with E-state index in [4.69, 9.17) is 4.74 Å². The lowest BCUT2D eigenvalue weighted by Gasteiger charge is -2.23. The third-order valence-corrected chi connectivity index (χ3v) is 5.02. The number of rotatable bonds is 9. The molecule has 1 heterocycles. The van der Waals surface area contributed by atoms with Crippen LogP contribution in [0.2, 0.25) is 0 Å². The minimum Gasteiger partial charge on any atom is -0.464 e. The molecule has 2 amide bonds. The van der Waals surface area contributed by atoms with Crippen molar-refractivity contribution in [3.8, 4) is 0 Å². The molecule has 162 valence electrons. The summed E-state index contributed by atoms with van der Waals surface area (Å²) >= 11 is 1.30. The fourth-order valence-corrected chi connectivity index (χ4v) is 3.30. The molecule has 1 N–H and O–H groups in total. The van der Waals surface area contributed by atoms with E-state index in [1.54, 1.807) is 41.5 Å². The molecule has 0 aliphatic heterocycles. The number of nitrogens with zero attached hydrogens (tertiary/aromatic N) is 2. The molecule has 0 atom stereocenters. The molecule has 0 bridgehead atoms. The largest absolute Gasteiger partial charge is 0.464 e. The van der Waals surface area contributed by atoms with Gasteiger partial charge in [-0.1, -0.05) is 13.8 Å². The minimum absolute atomic E-state index is 0.233. The number of thiazole rings is 1. The quantitative estimate of drug-likeness (QED) is 0.596. The number of benzene rings is 1. The van der Waals surface area contributed by atoms with Crippen LogP contribution in [0.15, 0.2) is 29.6 Å². The predicted octanol–water partition coefficient (Wildman–Crippen LogP) is 4.19. The van der Waals surface area contributed by atoms with E-state index >= 15 is 0 Å². The highest BCUT2D eigenvalue weighted by molar-refractivity contribution is 7.09. The Morgan fingerprint density at radius 3 is 2.47 bits per heavy atom. The molecule has 0 aliphatic carbocycles. The van der Waals surface area contributed by atoms with Crippen molar-refractivity contribution in [2.24, 2.45) is 5.92 Å². The number of anilines is 1. The van der Waals surface area contributed by atoms with Gasteiger partial charge in [0.1, 0.15) is 5.01 Å². The topological polar surface area (TPSA) is 97.8 Å². The summed E-state index contributed by atoms with van der Waals surface area (Å²) in [7, 11) is 1.30. The maximum absolute atomic E-state index is 12.9. The number of aromatic nitrogens is 1. The van der Waals surface area contributed by atoms with Crippen molar-refractivity contribution in [3.63, 3.8) is 0 Å². The van der Waals surface area contributed by atoms with Crippen molar-refractivity contribution >= 4 is 35.0 Å². The zero-order valence-electron chi connectivity index (χ0n) is 17.6. The molecule has 2 aromatic rings. The number of urea groups is 1. The van der Waals surface area contributed by atoms with Crippen LogP contribution in [0.5, 0.6) is 0 Å². The summed E-state index contributed by atoms with van der Waals surface area (Å²) in [6.45, 7) is 7.04. The van der Waals surface area contributed by atoms with E-state index in [2.05, 4.69) is 28.9 Å². The van der Waals surface area contributed by atoms with Gasteiger partial charge in [0.05, 0.1) is 25.8 Å².